The summed E-state index contributed by atoms with van der Waals surface area (Å²) in [5.74, 6) is -0.131. The standard InChI is InChI=1S/C42H56N2O6S4Si2/c1-11-45-55(46-12-2,47-13-3)41(39-43-33-21-17-19-23-35(33)51-39)31(9)27-25-29(7)37(41)53-54-38-30(8)26-28-32(10)42(38,56(48-14-4,49-15-5)50-16-6)40-44-34-22-18-20-24-36(34)52-40/h17-28,31-32H,11-16H2,1-10H3. The Kier molecular flexibility index (Phi) is 14.5. The van der Waals surface area contributed by atoms with E-state index in [0.717, 1.165) is 51.4 Å². The molecule has 56 heavy (non-hydrogen) atoms. The molecule has 4 atom stereocenters. The molecule has 14 heteroatoms. The minimum Gasteiger partial charge on any atom is -0.373 e. The molecular weight excluding hydrogens is 813 g/mol. The molecule has 6 rings (SSSR count). The van der Waals surface area contributed by atoms with Crippen molar-refractivity contribution in [3.8, 4) is 0 Å². The number of hydrogen-bond donors (Lipinski definition) is 0. The number of para-hydroxylation sites is 2. The van der Waals surface area contributed by atoms with Gasteiger partial charge in [-0.05, 0) is 103 Å². The van der Waals surface area contributed by atoms with Gasteiger partial charge in [-0.2, -0.15) is 0 Å². The van der Waals surface area contributed by atoms with Crippen molar-refractivity contribution >= 4 is 82.3 Å². The number of hydrogen-bond acceptors (Lipinski definition) is 12. The zero-order valence-corrected chi connectivity index (χ0v) is 39.6. The van der Waals surface area contributed by atoms with Gasteiger partial charge in [-0.3, -0.25) is 0 Å². The fraction of sp³-hybridized carbons (Fsp3) is 0.476. The number of fused-ring (bicyclic) bond motifs is 2. The van der Waals surface area contributed by atoms with Crippen LogP contribution in [0.25, 0.3) is 20.4 Å². The van der Waals surface area contributed by atoms with Crippen LogP contribution in [0.4, 0.5) is 0 Å². The van der Waals surface area contributed by atoms with Gasteiger partial charge in [-0.25, -0.2) is 9.97 Å². The van der Waals surface area contributed by atoms with Crippen molar-refractivity contribution in [2.45, 2.75) is 79.3 Å². The van der Waals surface area contributed by atoms with Crippen molar-refractivity contribution in [1.29, 1.82) is 0 Å². The van der Waals surface area contributed by atoms with Crippen molar-refractivity contribution in [2.24, 2.45) is 11.8 Å². The van der Waals surface area contributed by atoms with Crippen LogP contribution >= 0.6 is 44.3 Å². The van der Waals surface area contributed by atoms with Gasteiger partial charge in [0.05, 0.1) is 20.4 Å². The summed E-state index contributed by atoms with van der Waals surface area (Å²) in [6.45, 7) is 23.8. The lowest BCUT2D eigenvalue weighted by Gasteiger charge is -2.50. The molecule has 0 amide bonds. The van der Waals surface area contributed by atoms with Crippen LogP contribution in [-0.4, -0.2) is 67.2 Å². The molecular formula is C42H56N2O6S4Si2. The maximum Gasteiger partial charge on any atom is 0.520 e. The van der Waals surface area contributed by atoms with Crippen molar-refractivity contribution in [3.63, 3.8) is 0 Å². The van der Waals surface area contributed by atoms with Gasteiger partial charge in [-0.1, -0.05) is 84.0 Å². The minimum atomic E-state index is -3.63. The highest BCUT2D eigenvalue weighted by atomic mass is 33.1. The molecule has 2 heterocycles. The summed E-state index contributed by atoms with van der Waals surface area (Å²) >= 11 is 3.42. The summed E-state index contributed by atoms with van der Waals surface area (Å²) in [7, 11) is -3.75. The van der Waals surface area contributed by atoms with E-state index < -0.39 is 27.7 Å². The Labute approximate surface area is 351 Å². The third-order valence-corrected chi connectivity index (χ3v) is 24.4. The van der Waals surface area contributed by atoms with Gasteiger partial charge in [0.1, 0.15) is 20.1 Å². The molecule has 8 nitrogen and oxygen atoms in total. The molecule has 0 aliphatic heterocycles. The van der Waals surface area contributed by atoms with Crippen LogP contribution in [0.15, 0.2) is 93.8 Å². The zero-order chi connectivity index (χ0) is 40.1. The summed E-state index contributed by atoms with van der Waals surface area (Å²) in [6.07, 6.45) is 9.06. The van der Waals surface area contributed by atoms with Gasteiger partial charge in [-0.15, -0.1) is 22.7 Å². The molecule has 2 aromatic carbocycles. The van der Waals surface area contributed by atoms with Crippen molar-refractivity contribution < 1.29 is 26.6 Å². The van der Waals surface area contributed by atoms with E-state index in [4.69, 9.17) is 36.5 Å². The van der Waals surface area contributed by atoms with E-state index in [-0.39, 0.29) is 11.8 Å². The van der Waals surface area contributed by atoms with Crippen molar-refractivity contribution in [2.75, 3.05) is 39.6 Å². The molecule has 0 N–H and O–H groups in total. The minimum absolute atomic E-state index is 0.0656. The second kappa shape index (κ2) is 18.6. The lowest BCUT2D eigenvalue weighted by Crippen LogP contribution is -2.67. The molecule has 0 radical (unpaired) electrons. The summed E-state index contributed by atoms with van der Waals surface area (Å²) in [6, 6.07) is 16.7. The topological polar surface area (TPSA) is 81.2 Å². The average Bonchev–Trinajstić information content (AvgIpc) is 3.82. The smallest absolute Gasteiger partial charge is 0.373 e. The van der Waals surface area contributed by atoms with Gasteiger partial charge in [0.25, 0.3) is 0 Å². The van der Waals surface area contributed by atoms with Crippen LogP contribution in [0.2, 0.25) is 0 Å². The number of thiazole rings is 2. The third-order valence-electron chi connectivity index (χ3n) is 10.5. The Bertz CT molecular complexity index is 1870. The normalized spacial score (nSPS) is 23.3. The number of nitrogens with zero attached hydrogens (tertiary/aromatic N) is 2. The fourth-order valence-electron chi connectivity index (χ4n) is 8.24. The van der Waals surface area contributed by atoms with E-state index in [2.05, 4.69) is 88.4 Å². The first-order chi connectivity index (χ1) is 27.1. The molecule has 0 spiro atoms. The highest BCUT2D eigenvalue weighted by Crippen LogP contribution is 2.64. The van der Waals surface area contributed by atoms with Gasteiger partial charge < -0.3 is 26.6 Å². The molecule has 2 aliphatic carbocycles. The second-order valence-electron chi connectivity index (χ2n) is 13.8. The third kappa shape index (κ3) is 7.23. The van der Waals surface area contributed by atoms with Crippen LogP contribution in [0, 0.1) is 11.8 Å². The van der Waals surface area contributed by atoms with E-state index in [0.29, 0.717) is 39.6 Å². The lowest BCUT2D eigenvalue weighted by molar-refractivity contribution is 0.0435. The monoisotopic (exact) mass is 868 g/mol. The first kappa shape index (κ1) is 43.6. The molecule has 0 fully saturated rings. The van der Waals surface area contributed by atoms with Crippen LogP contribution in [-0.2, 0) is 36.6 Å². The van der Waals surface area contributed by atoms with E-state index in [1.807, 2.05) is 53.7 Å². The van der Waals surface area contributed by atoms with Gasteiger partial charge in [0.15, 0.2) is 0 Å². The SMILES string of the molecule is CCO[Si](OCC)(OCC)C1(c2nc3ccccc3s2)C(SSC2=C(C)C=CC(C)C2(c2nc3ccccc3s2)[Si](OCC)(OCC)OCC)=C(C)C=CC1C. The highest BCUT2D eigenvalue weighted by molar-refractivity contribution is 8.79. The van der Waals surface area contributed by atoms with E-state index in [1.54, 1.807) is 44.3 Å². The zero-order valence-electron chi connectivity index (χ0n) is 34.3. The summed E-state index contributed by atoms with van der Waals surface area (Å²) in [5, 5.41) is 0.211. The van der Waals surface area contributed by atoms with E-state index in [1.165, 1.54) is 0 Å². The van der Waals surface area contributed by atoms with Crippen molar-refractivity contribution in [3.05, 3.63) is 104 Å². The van der Waals surface area contributed by atoms with Gasteiger partial charge in [0.2, 0.25) is 0 Å². The lowest BCUT2D eigenvalue weighted by atomic mass is 9.86. The number of benzene rings is 2. The molecule has 0 saturated carbocycles. The Morgan fingerprint density at radius 2 is 0.875 bits per heavy atom. The average molecular weight is 869 g/mol. The molecule has 4 aromatic rings. The first-order valence-corrected chi connectivity index (χ1v) is 27.0. The van der Waals surface area contributed by atoms with Crippen LogP contribution < -0.4 is 0 Å². The predicted octanol–water partition coefficient (Wildman–Crippen LogP) is 11.6. The second-order valence-corrected chi connectivity index (χ2v) is 23.5. The maximum atomic E-state index is 6.96. The predicted molar refractivity (Wildman–Crippen MR) is 241 cm³/mol. The molecule has 0 saturated heterocycles. The highest BCUT2D eigenvalue weighted by Gasteiger charge is 2.71. The maximum absolute atomic E-state index is 6.96. The van der Waals surface area contributed by atoms with Crippen LogP contribution in [0.3, 0.4) is 0 Å². The van der Waals surface area contributed by atoms with E-state index in [9.17, 15) is 0 Å². The molecule has 2 aliphatic rings. The van der Waals surface area contributed by atoms with Crippen molar-refractivity contribution in [1.82, 2.24) is 9.97 Å². The molecule has 302 valence electrons. The molecule has 4 unspecified atom stereocenters. The Hall–Kier alpha value is -1.93. The number of allylic oxidation sites excluding steroid dienone is 8. The summed E-state index contributed by atoms with van der Waals surface area (Å²) < 4.78 is 44.0. The number of aromatic nitrogens is 2. The van der Waals surface area contributed by atoms with Gasteiger partial charge >= 0.3 is 17.6 Å². The Morgan fingerprint density at radius 1 is 0.554 bits per heavy atom. The van der Waals surface area contributed by atoms with E-state index >= 15 is 0 Å². The fourth-order valence-corrected chi connectivity index (χ4v) is 23.8. The quantitative estimate of drug-likeness (QED) is 0.0671. The first-order valence-electron chi connectivity index (χ1n) is 19.8. The largest absolute Gasteiger partial charge is 0.520 e. The van der Waals surface area contributed by atoms with Gasteiger partial charge in [0, 0.05) is 49.5 Å². The Morgan fingerprint density at radius 3 is 1.18 bits per heavy atom. The number of rotatable bonds is 19. The Balaban J connectivity index is 1.63. The van der Waals surface area contributed by atoms with Crippen LogP contribution in [0.1, 0.15) is 79.3 Å². The molecule has 0 bridgehead atoms. The summed E-state index contributed by atoms with van der Waals surface area (Å²) in [5.41, 5.74) is 4.16. The summed E-state index contributed by atoms with van der Waals surface area (Å²) in [4.78, 5) is 13.1. The molecule has 2 aromatic heterocycles. The van der Waals surface area contributed by atoms with Crippen LogP contribution in [0.5, 0.6) is 0 Å².